The molecule has 0 saturated heterocycles. The van der Waals surface area contributed by atoms with Gasteiger partial charge in [-0.05, 0) is 97.0 Å². The number of aliphatic imine (C=N–C) groups is 1. The van der Waals surface area contributed by atoms with Gasteiger partial charge in [-0.3, -0.25) is 4.99 Å². The van der Waals surface area contributed by atoms with E-state index in [-0.39, 0.29) is 11.7 Å². The lowest BCUT2D eigenvalue weighted by atomic mass is 9.76. The van der Waals surface area contributed by atoms with Crippen molar-refractivity contribution in [2.24, 2.45) is 4.99 Å². The SMILES string of the molecule is CC(C)c1cc(-c2ccc(O)c3c2Cc2ccc(-c4cccc5c4N=C(c4ccccc4)C5c4c(C(C)C)cccc4C(C)C)nc2-3)cc(C(C)C)c1. The Balaban J connectivity index is 1.29. The van der Waals surface area contributed by atoms with Gasteiger partial charge >= 0.3 is 0 Å². The van der Waals surface area contributed by atoms with Gasteiger partial charge in [-0.25, -0.2) is 4.98 Å². The van der Waals surface area contributed by atoms with Crippen LogP contribution in [-0.4, -0.2) is 15.8 Å². The number of pyridine rings is 1. The molecular formula is C50H50N2O. The minimum atomic E-state index is 0.00226. The summed E-state index contributed by atoms with van der Waals surface area (Å²) in [6.07, 6.45) is 0.736. The molecule has 2 aliphatic rings. The van der Waals surface area contributed by atoms with Crippen LogP contribution in [0.5, 0.6) is 5.75 Å². The number of benzene rings is 5. The Bertz CT molecular complexity index is 2340. The van der Waals surface area contributed by atoms with Crippen molar-refractivity contribution in [3.05, 3.63) is 159 Å². The molecule has 3 heteroatoms. The second kappa shape index (κ2) is 13.6. The lowest BCUT2D eigenvalue weighted by Crippen LogP contribution is -2.17. The highest BCUT2D eigenvalue weighted by atomic mass is 16.3. The molecule has 0 saturated carbocycles. The lowest BCUT2D eigenvalue weighted by Gasteiger charge is -2.26. The molecule has 2 heterocycles. The maximum Gasteiger partial charge on any atom is 0.125 e. The third-order valence-electron chi connectivity index (χ3n) is 11.4. The summed E-state index contributed by atoms with van der Waals surface area (Å²) in [5.41, 5.74) is 19.5. The number of aromatic nitrogens is 1. The lowest BCUT2D eigenvalue weighted by molar-refractivity contribution is 0.477. The zero-order chi connectivity index (χ0) is 37.1. The first-order valence-electron chi connectivity index (χ1n) is 19.4. The molecule has 0 bridgehead atoms. The summed E-state index contributed by atoms with van der Waals surface area (Å²) >= 11 is 0. The summed E-state index contributed by atoms with van der Waals surface area (Å²) in [4.78, 5) is 10.9. The Morgan fingerprint density at radius 1 is 0.604 bits per heavy atom. The van der Waals surface area contributed by atoms with Crippen LogP contribution in [0.2, 0.25) is 0 Å². The van der Waals surface area contributed by atoms with E-state index in [1.165, 1.54) is 44.5 Å². The Kier molecular flexibility index (Phi) is 8.93. The minimum absolute atomic E-state index is 0.00226. The number of hydrogen-bond donors (Lipinski definition) is 1. The summed E-state index contributed by atoms with van der Waals surface area (Å²) in [5, 5.41) is 11.5. The van der Waals surface area contributed by atoms with Gasteiger partial charge in [0, 0.05) is 17.5 Å². The molecule has 0 radical (unpaired) electrons. The van der Waals surface area contributed by atoms with Crippen LogP contribution in [0, 0.1) is 0 Å². The predicted octanol–water partition coefficient (Wildman–Crippen LogP) is 13.5. The molecule has 1 unspecified atom stereocenters. The van der Waals surface area contributed by atoms with Crippen molar-refractivity contribution in [1.29, 1.82) is 0 Å². The fourth-order valence-electron chi connectivity index (χ4n) is 8.57. The smallest absolute Gasteiger partial charge is 0.125 e. The summed E-state index contributed by atoms with van der Waals surface area (Å²) in [6, 6.07) is 39.4. The number of aromatic hydroxyl groups is 1. The summed E-state index contributed by atoms with van der Waals surface area (Å²) in [5.74, 6) is 1.87. The van der Waals surface area contributed by atoms with Crippen LogP contribution in [0.3, 0.4) is 0 Å². The minimum Gasteiger partial charge on any atom is -0.507 e. The van der Waals surface area contributed by atoms with Gasteiger partial charge in [0.25, 0.3) is 0 Å². The van der Waals surface area contributed by atoms with Crippen molar-refractivity contribution in [2.45, 2.75) is 91.4 Å². The number of fused-ring (bicyclic) bond motifs is 4. The number of phenols is 1. The van der Waals surface area contributed by atoms with E-state index >= 15 is 0 Å². The average Bonchev–Trinajstić information content (AvgIpc) is 3.74. The van der Waals surface area contributed by atoms with E-state index in [1.807, 2.05) is 6.07 Å². The Morgan fingerprint density at radius 2 is 1.26 bits per heavy atom. The molecule has 3 nitrogen and oxygen atoms in total. The molecule has 1 atom stereocenters. The molecule has 0 spiro atoms. The third-order valence-corrected chi connectivity index (χ3v) is 11.4. The molecule has 1 aliphatic carbocycles. The molecule has 6 aromatic rings. The van der Waals surface area contributed by atoms with Crippen molar-refractivity contribution in [3.8, 4) is 39.4 Å². The first-order valence-corrected chi connectivity index (χ1v) is 19.4. The van der Waals surface area contributed by atoms with Gasteiger partial charge < -0.3 is 5.11 Å². The van der Waals surface area contributed by atoms with Crippen molar-refractivity contribution >= 4 is 11.4 Å². The summed E-state index contributed by atoms with van der Waals surface area (Å²) < 4.78 is 0. The van der Waals surface area contributed by atoms with Gasteiger partial charge in [0.05, 0.1) is 28.7 Å². The Labute approximate surface area is 315 Å². The number of phenolic OH excluding ortho intramolecular Hbond substituents is 1. The van der Waals surface area contributed by atoms with Gasteiger partial charge in [-0.2, -0.15) is 0 Å². The van der Waals surface area contributed by atoms with E-state index in [0.29, 0.717) is 23.7 Å². The van der Waals surface area contributed by atoms with E-state index in [0.717, 1.165) is 57.0 Å². The molecule has 5 aromatic carbocycles. The molecule has 0 amide bonds. The summed E-state index contributed by atoms with van der Waals surface area (Å²) in [7, 11) is 0. The molecule has 266 valence electrons. The molecular weight excluding hydrogens is 645 g/mol. The van der Waals surface area contributed by atoms with Gasteiger partial charge in [-0.1, -0.05) is 152 Å². The fourth-order valence-corrected chi connectivity index (χ4v) is 8.57. The number of para-hydroxylation sites is 1. The van der Waals surface area contributed by atoms with Crippen LogP contribution in [0.15, 0.2) is 114 Å². The second-order valence-corrected chi connectivity index (χ2v) is 16.3. The average molecular weight is 695 g/mol. The molecule has 8 rings (SSSR count). The largest absolute Gasteiger partial charge is 0.507 e. The Morgan fingerprint density at radius 3 is 1.91 bits per heavy atom. The second-order valence-electron chi connectivity index (χ2n) is 16.3. The Hall–Kier alpha value is -5.28. The summed E-state index contributed by atoms with van der Waals surface area (Å²) in [6.45, 7) is 18.2. The molecule has 0 fully saturated rings. The van der Waals surface area contributed by atoms with Crippen molar-refractivity contribution in [1.82, 2.24) is 4.98 Å². The highest BCUT2D eigenvalue weighted by Crippen LogP contribution is 2.51. The van der Waals surface area contributed by atoms with E-state index in [9.17, 15) is 5.11 Å². The van der Waals surface area contributed by atoms with Crippen LogP contribution < -0.4 is 0 Å². The predicted molar refractivity (Wildman–Crippen MR) is 222 cm³/mol. The zero-order valence-electron chi connectivity index (χ0n) is 32.3. The molecule has 53 heavy (non-hydrogen) atoms. The maximum absolute atomic E-state index is 11.5. The highest BCUT2D eigenvalue weighted by Gasteiger charge is 2.36. The molecule has 1 N–H and O–H groups in total. The quantitative estimate of drug-likeness (QED) is 0.172. The number of rotatable bonds is 8. The number of nitrogens with zero attached hydrogens (tertiary/aromatic N) is 2. The van der Waals surface area contributed by atoms with Crippen molar-refractivity contribution < 1.29 is 5.11 Å². The van der Waals surface area contributed by atoms with E-state index in [2.05, 4.69) is 159 Å². The van der Waals surface area contributed by atoms with Crippen LogP contribution in [0.25, 0.3) is 33.6 Å². The maximum atomic E-state index is 11.5. The van der Waals surface area contributed by atoms with E-state index in [4.69, 9.17) is 9.98 Å². The van der Waals surface area contributed by atoms with Gasteiger partial charge in [-0.15, -0.1) is 0 Å². The van der Waals surface area contributed by atoms with Gasteiger partial charge in [0.15, 0.2) is 0 Å². The monoisotopic (exact) mass is 694 g/mol. The van der Waals surface area contributed by atoms with Crippen LogP contribution >= 0.6 is 0 Å². The van der Waals surface area contributed by atoms with Crippen LogP contribution in [-0.2, 0) is 6.42 Å². The molecule has 1 aromatic heterocycles. The molecule has 1 aliphatic heterocycles. The van der Waals surface area contributed by atoms with Crippen LogP contribution in [0.4, 0.5) is 5.69 Å². The first-order chi connectivity index (χ1) is 25.5. The van der Waals surface area contributed by atoms with E-state index < -0.39 is 0 Å². The standard InChI is InChI=1S/C50H50N2O/c1-28(2)34-24-35(29(3)4)26-36(25-34)39-21-23-44(53)46-42(39)27-33-20-22-43(51-49(33)46)40-18-13-19-41-47(48(52-50(40)41)32-14-10-9-11-15-32)45-37(30(5)6)16-12-17-38(45)31(7)8/h9-26,28-31,47,53H,27H2,1-8H3. The highest BCUT2D eigenvalue weighted by molar-refractivity contribution is 6.13. The topological polar surface area (TPSA) is 45.5 Å². The van der Waals surface area contributed by atoms with Crippen LogP contribution in [0.1, 0.15) is 135 Å². The van der Waals surface area contributed by atoms with Crippen molar-refractivity contribution in [3.63, 3.8) is 0 Å². The first kappa shape index (κ1) is 34.8. The number of hydrogen-bond acceptors (Lipinski definition) is 3. The van der Waals surface area contributed by atoms with Crippen molar-refractivity contribution in [2.75, 3.05) is 0 Å². The third kappa shape index (κ3) is 6.01. The zero-order valence-corrected chi connectivity index (χ0v) is 32.3. The van der Waals surface area contributed by atoms with E-state index in [1.54, 1.807) is 0 Å². The normalized spacial score (nSPS) is 14.6. The van der Waals surface area contributed by atoms with Gasteiger partial charge in [0.2, 0.25) is 0 Å². The van der Waals surface area contributed by atoms with Gasteiger partial charge in [0.1, 0.15) is 5.75 Å². The fraction of sp³-hybridized carbons (Fsp3) is 0.280.